The number of aromatic nitrogens is 4. The normalized spacial score (nSPS) is 12.0. The van der Waals surface area contributed by atoms with E-state index in [4.69, 9.17) is 9.72 Å². The maximum atomic E-state index is 13.5. The molecule has 2 aromatic carbocycles. The highest BCUT2D eigenvalue weighted by molar-refractivity contribution is 7.92. The molecule has 9 heteroatoms. The van der Waals surface area contributed by atoms with E-state index in [0.717, 1.165) is 11.3 Å². The zero-order valence-corrected chi connectivity index (χ0v) is 18.8. The van der Waals surface area contributed by atoms with Crippen molar-refractivity contribution in [2.75, 3.05) is 18.0 Å². The van der Waals surface area contributed by atoms with E-state index >= 15 is 0 Å². The Morgan fingerprint density at radius 2 is 1.77 bits per heavy atom. The van der Waals surface area contributed by atoms with Gasteiger partial charge in [0.1, 0.15) is 11.6 Å². The van der Waals surface area contributed by atoms with Crippen molar-refractivity contribution in [3.05, 3.63) is 54.4 Å². The fourth-order valence-electron chi connectivity index (χ4n) is 3.60. The van der Waals surface area contributed by atoms with Gasteiger partial charge in [-0.15, -0.1) is 10.2 Å². The van der Waals surface area contributed by atoms with Crippen LogP contribution in [0.5, 0.6) is 5.75 Å². The highest BCUT2D eigenvalue weighted by Gasteiger charge is 2.29. The number of sulfonamides is 1. The average Bonchev–Trinajstić information content (AvgIpc) is 3.17. The summed E-state index contributed by atoms with van der Waals surface area (Å²) in [4.78, 5) is 4.85. The molecule has 0 atom stereocenters. The van der Waals surface area contributed by atoms with Gasteiger partial charge in [-0.1, -0.05) is 26.0 Å². The fourth-order valence-corrected chi connectivity index (χ4v) is 5.02. The van der Waals surface area contributed by atoms with Crippen LogP contribution in [0.1, 0.15) is 26.6 Å². The summed E-state index contributed by atoms with van der Waals surface area (Å²) in [6.07, 6.45) is 0.714. The standard InChI is InChI=1S/C22H25N5O3S/c1-5-26(31(28,29)17-12-10-16(30-4)11-13-17)21-22-25-24-20(14-15(2)3)27(22)19-9-7-6-8-18(19)23-21/h6-13,15H,5,14H2,1-4H3. The molecule has 0 N–H and O–H groups in total. The molecule has 0 bridgehead atoms. The summed E-state index contributed by atoms with van der Waals surface area (Å²) < 4.78 is 35.4. The number of benzene rings is 2. The largest absolute Gasteiger partial charge is 0.497 e. The van der Waals surface area contributed by atoms with Crippen molar-refractivity contribution < 1.29 is 13.2 Å². The molecule has 0 aliphatic carbocycles. The van der Waals surface area contributed by atoms with Crippen molar-refractivity contribution in [3.8, 4) is 5.75 Å². The molecule has 0 aliphatic rings. The van der Waals surface area contributed by atoms with Crippen LogP contribution in [-0.2, 0) is 16.4 Å². The molecule has 4 rings (SSSR count). The Balaban J connectivity index is 1.95. The zero-order valence-electron chi connectivity index (χ0n) is 18.0. The third-order valence-electron chi connectivity index (χ3n) is 5.04. The van der Waals surface area contributed by atoms with Gasteiger partial charge in [-0.2, -0.15) is 0 Å². The number of fused-ring (bicyclic) bond motifs is 3. The van der Waals surface area contributed by atoms with E-state index in [-0.39, 0.29) is 17.3 Å². The Bertz CT molecular complexity index is 1330. The first-order valence-electron chi connectivity index (χ1n) is 10.2. The van der Waals surface area contributed by atoms with Crippen LogP contribution >= 0.6 is 0 Å². The van der Waals surface area contributed by atoms with Gasteiger partial charge in [0.15, 0.2) is 5.82 Å². The lowest BCUT2D eigenvalue weighted by molar-refractivity contribution is 0.414. The third-order valence-corrected chi connectivity index (χ3v) is 6.92. The van der Waals surface area contributed by atoms with Crippen molar-refractivity contribution in [3.63, 3.8) is 0 Å². The van der Waals surface area contributed by atoms with Crippen molar-refractivity contribution in [2.24, 2.45) is 5.92 Å². The Morgan fingerprint density at radius 3 is 2.42 bits per heavy atom. The van der Waals surface area contributed by atoms with E-state index in [9.17, 15) is 8.42 Å². The van der Waals surface area contributed by atoms with Crippen molar-refractivity contribution >= 4 is 32.5 Å². The topological polar surface area (TPSA) is 89.7 Å². The van der Waals surface area contributed by atoms with Crippen LogP contribution in [-0.4, -0.2) is 41.7 Å². The van der Waals surface area contributed by atoms with Gasteiger partial charge in [-0.05, 0) is 49.2 Å². The molecule has 0 saturated carbocycles. The first-order chi connectivity index (χ1) is 14.9. The van der Waals surface area contributed by atoms with E-state index in [1.165, 1.54) is 23.5 Å². The van der Waals surface area contributed by atoms with Crippen molar-refractivity contribution in [1.29, 1.82) is 0 Å². The fraction of sp³-hybridized carbons (Fsp3) is 0.318. The Kier molecular flexibility index (Phi) is 5.53. The number of nitrogens with zero attached hydrogens (tertiary/aromatic N) is 5. The van der Waals surface area contributed by atoms with Gasteiger partial charge in [0.05, 0.1) is 23.0 Å². The molecule has 2 aromatic heterocycles. The Hall–Kier alpha value is -3.20. The second-order valence-corrected chi connectivity index (χ2v) is 9.50. The molecule has 0 amide bonds. The van der Waals surface area contributed by atoms with Crippen molar-refractivity contribution in [1.82, 2.24) is 19.6 Å². The van der Waals surface area contributed by atoms with E-state index in [1.54, 1.807) is 19.1 Å². The van der Waals surface area contributed by atoms with Gasteiger partial charge >= 0.3 is 0 Å². The third kappa shape index (κ3) is 3.69. The number of anilines is 1. The Morgan fingerprint density at radius 1 is 1.06 bits per heavy atom. The van der Waals surface area contributed by atoms with Crippen molar-refractivity contribution in [2.45, 2.75) is 32.1 Å². The number of methoxy groups -OCH3 is 1. The summed E-state index contributed by atoms with van der Waals surface area (Å²) >= 11 is 0. The molecule has 8 nitrogen and oxygen atoms in total. The lowest BCUT2D eigenvalue weighted by Crippen LogP contribution is -2.32. The van der Waals surface area contributed by atoms with E-state index < -0.39 is 10.0 Å². The molecule has 0 aliphatic heterocycles. The quantitative estimate of drug-likeness (QED) is 0.436. The maximum Gasteiger partial charge on any atom is 0.265 e. The lowest BCUT2D eigenvalue weighted by atomic mass is 10.1. The number of rotatable bonds is 7. The van der Waals surface area contributed by atoms with E-state index in [0.29, 0.717) is 29.3 Å². The maximum absolute atomic E-state index is 13.5. The summed E-state index contributed by atoms with van der Waals surface area (Å²) in [5, 5.41) is 8.72. The summed E-state index contributed by atoms with van der Waals surface area (Å²) in [7, 11) is -2.33. The highest BCUT2D eigenvalue weighted by atomic mass is 32.2. The van der Waals surface area contributed by atoms with Crippen LogP contribution in [0, 0.1) is 5.92 Å². The first kappa shape index (κ1) is 21.0. The van der Waals surface area contributed by atoms with Crippen LogP contribution in [0.2, 0.25) is 0 Å². The Labute approximate surface area is 181 Å². The van der Waals surface area contributed by atoms with Gasteiger partial charge in [0.25, 0.3) is 10.0 Å². The summed E-state index contributed by atoms with van der Waals surface area (Å²) in [6, 6.07) is 13.9. The number of ether oxygens (including phenoxy) is 1. The molecule has 2 heterocycles. The summed E-state index contributed by atoms with van der Waals surface area (Å²) in [5.74, 6) is 2.00. The van der Waals surface area contributed by atoms with E-state index in [2.05, 4.69) is 24.0 Å². The van der Waals surface area contributed by atoms with Gasteiger partial charge < -0.3 is 4.74 Å². The second kappa shape index (κ2) is 8.14. The monoisotopic (exact) mass is 439 g/mol. The van der Waals surface area contributed by atoms with Crippen LogP contribution in [0.3, 0.4) is 0 Å². The van der Waals surface area contributed by atoms with Crippen LogP contribution in [0.4, 0.5) is 5.82 Å². The summed E-state index contributed by atoms with van der Waals surface area (Å²) in [6.45, 7) is 6.19. The van der Waals surface area contributed by atoms with Crippen LogP contribution < -0.4 is 9.04 Å². The van der Waals surface area contributed by atoms with Crippen LogP contribution in [0.25, 0.3) is 16.7 Å². The number of hydrogen-bond donors (Lipinski definition) is 0. The number of hydrogen-bond acceptors (Lipinski definition) is 6. The van der Waals surface area contributed by atoms with E-state index in [1.807, 2.05) is 28.7 Å². The molecule has 0 fully saturated rings. The molecule has 0 radical (unpaired) electrons. The van der Waals surface area contributed by atoms with Gasteiger partial charge in [-0.25, -0.2) is 17.7 Å². The SMILES string of the molecule is CCN(c1nc2ccccc2n2c(CC(C)C)nnc12)S(=O)(=O)c1ccc(OC)cc1. The molecular formula is C22H25N5O3S. The smallest absolute Gasteiger partial charge is 0.265 e. The first-order valence-corrected chi connectivity index (χ1v) is 11.6. The van der Waals surface area contributed by atoms with Gasteiger partial charge in [-0.3, -0.25) is 4.40 Å². The molecule has 0 unspecified atom stereocenters. The highest BCUT2D eigenvalue weighted by Crippen LogP contribution is 2.29. The summed E-state index contributed by atoms with van der Waals surface area (Å²) in [5.41, 5.74) is 1.95. The molecule has 31 heavy (non-hydrogen) atoms. The predicted molar refractivity (Wildman–Crippen MR) is 120 cm³/mol. The van der Waals surface area contributed by atoms with Crippen LogP contribution in [0.15, 0.2) is 53.4 Å². The minimum atomic E-state index is -3.87. The molecule has 0 spiro atoms. The molecule has 0 saturated heterocycles. The van der Waals surface area contributed by atoms with Gasteiger partial charge in [0.2, 0.25) is 5.65 Å². The molecule has 4 aromatic rings. The zero-order chi connectivity index (χ0) is 22.2. The average molecular weight is 440 g/mol. The molecular weight excluding hydrogens is 414 g/mol. The molecule has 162 valence electrons. The minimum absolute atomic E-state index is 0.158. The predicted octanol–water partition coefficient (Wildman–Crippen LogP) is 3.70. The van der Waals surface area contributed by atoms with Gasteiger partial charge in [0, 0.05) is 13.0 Å². The lowest BCUT2D eigenvalue weighted by Gasteiger charge is -2.23. The second-order valence-electron chi connectivity index (χ2n) is 7.64. The number of para-hydroxylation sites is 2. The minimum Gasteiger partial charge on any atom is -0.497 e.